The van der Waals surface area contributed by atoms with E-state index in [0.717, 1.165) is 32.4 Å². The molecule has 0 bridgehead atoms. The maximum Gasteiger partial charge on any atom is 0.270 e. The van der Waals surface area contributed by atoms with Crippen LogP contribution in [0.2, 0.25) is 0 Å². The van der Waals surface area contributed by atoms with Crippen LogP contribution in [0, 0.1) is 17.0 Å². The minimum atomic E-state index is -0.386. The fraction of sp³-hybridized carbons (Fsp3) is 0.360. The van der Waals surface area contributed by atoms with Crippen molar-refractivity contribution in [1.82, 2.24) is 14.9 Å². The molecule has 4 rings (SSSR count). The molecule has 0 amide bonds. The summed E-state index contributed by atoms with van der Waals surface area (Å²) < 4.78 is 34.2. The van der Waals surface area contributed by atoms with Crippen molar-refractivity contribution in [3.05, 3.63) is 94.2 Å². The van der Waals surface area contributed by atoms with E-state index in [1.54, 1.807) is 30.5 Å². The first-order chi connectivity index (χ1) is 15.5. The van der Waals surface area contributed by atoms with Crippen LogP contribution < -0.4 is 10.3 Å². The van der Waals surface area contributed by atoms with Crippen LogP contribution in [-0.4, -0.2) is 34.6 Å². The lowest BCUT2D eigenvalue weighted by Crippen LogP contribution is -2.43. The van der Waals surface area contributed by atoms with Crippen LogP contribution in [0.4, 0.5) is 8.78 Å². The molecule has 1 aliphatic heterocycles. The number of aromatic amines is 1. The van der Waals surface area contributed by atoms with Gasteiger partial charge in [0.1, 0.15) is 11.5 Å². The maximum atomic E-state index is 14.2. The van der Waals surface area contributed by atoms with Crippen LogP contribution in [-0.2, 0) is 13.0 Å². The summed E-state index contributed by atoms with van der Waals surface area (Å²) in [6.07, 6.45) is 6.05. The second-order valence-electron chi connectivity index (χ2n) is 8.45. The molecule has 2 heterocycles. The third-order valence-corrected chi connectivity index (χ3v) is 6.32. The van der Waals surface area contributed by atoms with Crippen molar-refractivity contribution in [1.29, 1.82) is 0 Å². The number of ether oxygens (including phenoxy) is 1. The molecule has 1 saturated heterocycles. The van der Waals surface area contributed by atoms with Crippen LogP contribution in [0.15, 0.2) is 65.7 Å². The largest absolute Gasteiger partial charge is 0.490 e. The summed E-state index contributed by atoms with van der Waals surface area (Å²) in [5.41, 5.74) is 0.790. The molecule has 0 unspecified atom stereocenters. The van der Waals surface area contributed by atoms with Crippen molar-refractivity contribution >= 4 is 0 Å². The number of hydrogen-bond acceptors (Lipinski definition) is 4. The molecule has 1 fully saturated rings. The predicted molar refractivity (Wildman–Crippen MR) is 118 cm³/mol. The highest BCUT2D eigenvalue weighted by Gasteiger charge is 2.36. The Balaban J connectivity index is 1.45. The van der Waals surface area contributed by atoms with Gasteiger partial charge in [0, 0.05) is 24.4 Å². The van der Waals surface area contributed by atoms with E-state index in [1.807, 2.05) is 12.1 Å². The molecule has 32 heavy (non-hydrogen) atoms. The van der Waals surface area contributed by atoms with Gasteiger partial charge in [-0.25, -0.2) is 8.78 Å². The predicted octanol–water partition coefficient (Wildman–Crippen LogP) is 4.34. The van der Waals surface area contributed by atoms with E-state index < -0.39 is 0 Å². The van der Waals surface area contributed by atoms with Gasteiger partial charge in [0.05, 0.1) is 6.61 Å². The maximum absolute atomic E-state index is 14.2. The van der Waals surface area contributed by atoms with Crippen molar-refractivity contribution < 1.29 is 13.5 Å². The zero-order valence-corrected chi connectivity index (χ0v) is 17.9. The van der Waals surface area contributed by atoms with Gasteiger partial charge >= 0.3 is 0 Å². The number of aromatic nitrogens is 2. The molecule has 1 aliphatic rings. The molecule has 168 valence electrons. The molecule has 0 saturated carbocycles. The van der Waals surface area contributed by atoms with E-state index in [0.29, 0.717) is 30.8 Å². The molecule has 7 heteroatoms. The molecular formula is C25H27F2N3O2. The number of likely N-dealkylation sites (tertiary alicyclic amines) is 1. The SMILES string of the molecule is O=c1[nH]ccnc1CN1CCC(CCc2ccccc2F)(COc2ccccc2F)CC1. The van der Waals surface area contributed by atoms with Crippen molar-refractivity contribution in [3.63, 3.8) is 0 Å². The fourth-order valence-electron chi connectivity index (χ4n) is 4.25. The first-order valence-electron chi connectivity index (χ1n) is 10.9. The van der Waals surface area contributed by atoms with E-state index in [2.05, 4.69) is 14.9 Å². The molecule has 1 N–H and O–H groups in total. The lowest BCUT2D eigenvalue weighted by atomic mass is 9.74. The first-order valence-corrected chi connectivity index (χ1v) is 10.9. The van der Waals surface area contributed by atoms with Crippen LogP contribution in [0.1, 0.15) is 30.5 Å². The average Bonchev–Trinajstić information content (AvgIpc) is 2.81. The summed E-state index contributed by atoms with van der Waals surface area (Å²) in [6, 6.07) is 13.2. The molecule has 0 aliphatic carbocycles. The van der Waals surface area contributed by atoms with Crippen LogP contribution >= 0.6 is 0 Å². The minimum absolute atomic E-state index is 0.174. The monoisotopic (exact) mass is 439 g/mol. The normalized spacial score (nSPS) is 16.1. The molecule has 3 aromatic rings. The summed E-state index contributed by atoms with van der Waals surface area (Å²) in [4.78, 5) is 21.0. The minimum Gasteiger partial charge on any atom is -0.490 e. The summed E-state index contributed by atoms with van der Waals surface area (Å²) in [5, 5.41) is 0. The highest BCUT2D eigenvalue weighted by Crippen LogP contribution is 2.37. The zero-order chi connectivity index (χ0) is 22.4. The molecule has 0 radical (unpaired) electrons. The quantitative estimate of drug-likeness (QED) is 0.567. The Morgan fingerprint density at radius 1 is 1.03 bits per heavy atom. The van der Waals surface area contributed by atoms with Crippen molar-refractivity contribution in [2.24, 2.45) is 5.41 Å². The Morgan fingerprint density at radius 3 is 2.47 bits per heavy atom. The van der Waals surface area contributed by atoms with E-state index in [4.69, 9.17) is 4.74 Å². The van der Waals surface area contributed by atoms with Crippen molar-refractivity contribution in [2.75, 3.05) is 19.7 Å². The Kier molecular flexibility index (Phi) is 6.95. The summed E-state index contributed by atoms with van der Waals surface area (Å²) in [5.74, 6) is -0.353. The Bertz CT molecular complexity index is 1040. The van der Waals surface area contributed by atoms with Crippen molar-refractivity contribution in [2.45, 2.75) is 32.2 Å². The Hall–Kier alpha value is -3.06. The molecule has 0 atom stereocenters. The number of nitrogens with zero attached hydrogens (tertiary/aromatic N) is 2. The molecule has 0 spiro atoms. The second-order valence-corrected chi connectivity index (χ2v) is 8.45. The van der Waals surface area contributed by atoms with Gasteiger partial charge in [-0.3, -0.25) is 14.7 Å². The third kappa shape index (κ3) is 5.40. The van der Waals surface area contributed by atoms with Gasteiger partial charge in [-0.15, -0.1) is 0 Å². The summed E-state index contributed by atoms with van der Waals surface area (Å²) >= 11 is 0. The van der Waals surface area contributed by atoms with Crippen molar-refractivity contribution in [3.8, 4) is 5.75 Å². The van der Waals surface area contributed by atoms with Crippen LogP contribution in [0.3, 0.4) is 0 Å². The van der Waals surface area contributed by atoms with Gasteiger partial charge in [-0.1, -0.05) is 30.3 Å². The van der Waals surface area contributed by atoms with Crippen LogP contribution in [0.25, 0.3) is 0 Å². The van der Waals surface area contributed by atoms with E-state index in [-0.39, 0.29) is 28.4 Å². The van der Waals surface area contributed by atoms with Gasteiger partial charge in [0.15, 0.2) is 11.6 Å². The van der Waals surface area contributed by atoms with E-state index in [9.17, 15) is 13.6 Å². The standard InChI is InChI=1S/C25H27F2N3O2/c26-20-6-2-1-5-19(20)9-10-25(18-32-23-8-4-3-7-21(23)27)11-15-30(16-12-25)17-22-24(31)29-14-13-28-22/h1-8,13-14H,9-12,15-18H2,(H,29,31). The van der Waals surface area contributed by atoms with Gasteiger partial charge in [-0.2, -0.15) is 0 Å². The highest BCUT2D eigenvalue weighted by atomic mass is 19.1. The Morgan fingerprint density at radius 2 is 1.75 bits per heavy atom. The number of piperidine rings is 1. The molecule has 5 nitrogen and oxygen atoms in total. The number of nitrogens with one attached hydrogen (secondary N) is 1. The number of aryl methyl sites for hydroxylation is 1. The van der Waals surface area contributed by atoms with Gasteiger partial charge in [0.25, 0.3) is 5.56 Å². The highest BCUT2D eigenvalue weighted by molar-refractivity contribution is 5.24. The number of rotatable bonds is 8. The number of hydrogen-bond donors (Lipinski definition) is 1. The average molecular weight is 440 g/mol. The third-order valence-electron chi connectivity index (χ3n) is 6.32. The lowest BCUT2D eigenvalue weighted by molar-refractivity contribution is 0.0422. The molecule has 1 aromatic heterocycles. The smallest absolute Gasteiger partial charge is 0.270 e. The number of para-hydroxylation sites is 1. The van der Waals surface area contributed by atoms with Crippen LogP contribution in [0.5, 0.6) is 5.75 Å². The molecular weight excluding hydrogens is 412 g/mol. The van der Waals surface area contributed by atoms with E-state index >= 15 is 0 Å². The van der Waals surface area contributed by atoms with E-state index in [1.165, 1.54) is 18.3 Å². The van der Waals surface area contributed by atoms with Gasteiger partial charge in [-0.05, 0) is 62.5 Å². The summed E-state index contributed by atoms with van der Waals surface area (Å²) in [7, 11) is 0. The molecule has 2 aromatic carbocycles. The fourth-order valence-corrected chi connectivity index (χ4v) is 4.25. The topological polar surface area (TPSA) is 58.2 Å². The Labute approximate surface area is 186 Å². The summed E-state index contributed by atoms with van der Waals surface area (Å²) in [6.45, 7) is 2.36. The number of benzene rings is 2. The van der Waals surface area contributed by atoms with Gasteiger partial charge < -0.3 is 9.72 Å². The lowest BCUT2D eigenvalue weighted by Gasteiger charge is -2.41. The second kappa shape index (κ2) is 10.0. The number of halogens is 2. The first kappa shape index (κ1) is 22.1. The number of H-pyrrole nitrogens is 1. The van der Waals surface area contributed by atoms with Gasteiger partial charge in [0.2, 0.25) is 0 Å². The zero-order valence-electron chi connectivity index (χ0n) is 17.9.